The van der Waals surface area contributed by atoms with E-state index in [0.29, 0.717) is 12.4 Å². The molecule has 7 heteroatoms. The number of halogens is 1. The third-order valence-corrected chi connectivity index (χ3v) is 3.55. The molecule has 0 saturated carbocycles. The lowest BCUT2D eigenvalue weighted by atomic mass is 10.2. The van der Waals surface area contributed by atoms with Crippen LogP contribution in [0.2, 0.25) is 0 Å². The Morgan fingerprint density at radius 2 is 2.08 bits per heavy atom. The zero-order valence-electron chi connectivity index (χ0n) is 14.0. The molecule has 0 spiro atoms. The number of benzene rings is 1. The number of nitrogen functional groups attached to an aromatic ring is 1. The number of pyridine rings is 1. The highest BCUT2D eigenvalue weighted by atomic mass is 19.1. The number of morpholine rings is 1. The summed E-state index contributed by atoms with van der Waals surface area (Å²) in [5.41, 5.74) is 6.02. The van der Waals surface area contributed by atoms with E-state index in [4.69, 9.17) is 20.6 Å². The molecule has 25 heavy (non-hydrogen) atoms. The number of ether oxygens (including phenoxy) is 2. The van der Waals surface area contributed by atoms with E-state index in [-0.39, 0.29) is 5.82 Å². The Bertz CT molecular complexity index is 625. The maximum Gasteiger partial charge on any atom is 0.141 e. The van der Waals surface area contributed by atoms with Crippen molar-refractivity contribution in [3.63, 3.8) is 0 Å². The topological polar surface area (TPSA) is 84.5 Å². The van der Waals surface area contributed by atoms with Crippen molar-refractivity contribution < 1.29 is 13.9 Å². The molecule has 134 valence electrons. The molecule has 1 aromatic heterocycles. The molecule has 1 aromatic carbocycles. The summed E-state index contributed by atoms with van der Waals surface area (Å²) in [6.45, 7) is 5.24. The minimum Gasteiger partial charge on any atom is -0.492 e. The average molecular weight is 346 g/mol. The van der Waals surface area contributed by atoms with E-state index in [1.165, 1.54) is 18.3 Å². The maximum atomic E-state index is 12.0. The van der Waals surface area contributed by atoms with E-state index >= 15 is 0 Å². The Morgan fingerprint density at radius 1 is 1.28 bits per heavy atom. The van der Waals surface area contributed by atoms with Gasteiger partial charge >= 0.3 is 0 Å². The van der Waals surface area contributed by atoms with Crippen LogP contribution in [-0.4, -0.2) is 55.6 Å². The number of nitrogens with zero attached hydrogens (tertiary/aromatic N) is 2. The Labute approximate surface area is 146 Å². The highest BCUT2D eigenvalue weighted by Gasteiger charge is 2.09. The summed E-state index contributed by atoms with van der Waals surface area (Å²) < 4.78 is 22.9. The standard InChI is InChI=1S/C13H18N2O2.C5H5FN2/c14-11-12-2-1-3-13(10-12)17-9-6-15-4-7-16-8-5-15;6-4-1-2-5(7)8-3-4/h1-3,10-11,14H,4-9H2;1-3H,(H2,7,8). The second kappa shape index (κ2) is 10.4. The van der Waals surface area contributed by atoms with Gasteiger partial charge in [-0.1, -0.05) is 12.1 Å². The molecule has 1 saturated heterocycles. The van der Waals surface area contributed by atoms with Crippen molar-refractivity contribution in [3.05, 3.63) is 54.0 Å². The molecule has 3 N–H and O–H groups in total. The van der Waals surface area contributed by atoms with Crippen LogP contribution in [0.5, 0.6) is 5.75 Å². The van der Waals surface area contributed by atoms with E-state index in [1.54, 1.807) is 0 Å². The highest BCUT2D eigenvalue weighted by Crippen LogP contribution is 2.11. The molecular formula is C18H23FN4O2. The van der Waals surface area contributed by atoms with Crippen LogP contribution in [-0.2, 0) is 4.74 Å². The third kappa shape index (κ3) is 7.28. The van der Waals surface area contributed by atoms with Gasteiger partial charge < -0.3 is 20.6 Å². The summed E-state index contributed by atoms with van der Waals surface area (Å²) in [5, 5.41) is 7.18. The van der Waals surface area contributed by atoms with Crippen LogP contribution in [0.15, 0.2) is 42.6 Å². The van der Waals surface area contributed by atoms with Gasteiger partial charge in [0.15, 0.2) is 0 Å². The van der Waals surface area contributed by atoms with Gasteiger partial charge in [0.25, 0.3) is 0 Å². The van der Waals surface area contributed by atoms with Crippen molar-refractivity contribution in [1.29, 1.82) is 5.41 Å². The minimum atomic E-state index is -0.362. The Balaban J connectivity index is 0.000000236. The van der Waals surface area contributed by atoms with Gasteiger partial charge in [0, 0.05) is 25.8 Å². The Hall–Kier alpha value is -2.51. The van der Waals surface area contributed by atoms with Gasteiger partial charge in [0.2, 0.25) is 0 Å². The zero-order chi connectivity index (χ0) is 17.9. The molecule has 0 amide bonds. The highest BCUT2D eigenvalue weighted by molar-refractivity contribution is 5.77. The zero-order valence-corrected chi connectivity index (χ0v) is 14.0. The van der Waals surface area contributed by atoms with Gasteiger partial charge in [0.1, 0.15) is 24.0 Å². The molecule has 0 aliphatic carbocycles. The summed E-state index contributed by atoms with van der Waals surface area (Å²) in [6, 6.07) is 10.3. The first kappa shape index (κ1) is 18.8. The normalized spacial score (nSPS) is 14.3. The second-order valence-corrected chi connectivity index (χ2v) is 5.42. The van der Waals surface area contributed by atoms with Crippen molar-refractivity contribution in [2.75, 3.05) is 45.2 Å². The molecule has 0 radical (unpaired) electrons. The molecule has 1 aliphatic rings. The van der Waals surface area contributed by atoms with E-state index in [2.05, 4.69) is 9.88 Å². The predicted octanol–water partition coefficient (Wildman–Crippen LogP) is 2.20. The second-order valence-electron chi connectivity index (χ2n) is 5.42. The first-order chi connectivity index (χ1) is 12.2. The summed E-state index contributed by atoms with van der Waals surface area (Å²) in [6.07, 6.45) is 2.41. The molecule has 2 aromatic rings. The van der Waals surface area contributed by atoms with Gasteiger partial charge in [0.05, 0.1) is 19.4 Å². The fourth-order valence-electron chi connectivity index (χ4n) is 2.20. The van der Waals surface area contributed by atoms with Crippen molar-refractivity contribution in [3.8, 4) is 5.75 Å². The predicted molar refractivity (Wildman–Crippen MR) is 95.7 cm³/mol. The average Bonchev–Trinajstić information content (AvgIpc) is 2.66. The van der Waals surface area contributed by atoms with Gasteiger partial charge in [-0.25, -0.2) is 9.37 Å². The third-order valence-electron chi connectivity index (χ3n) is 3.55. The Kier molecular flexibility index (Phi) is 7.81. The van der Waals surface area contributed by atoms with Gasteiger partial charge in [-0.2, -0.15) is 0 Å². The number of nitrogens with two attached hydrogens (primary N) is 1. The fraction of sp³-hybridized carbons (Fsp3) is 0.333. The maximum absolute atomic E-state index is 12.0. The Morgan fingerprint density at radius 3 is 2.72 bits per heavy atom. The molecule has 6 nitrogen and oxygen atoms in total. The van der Waals surface area contributed by atoms with Crippen LogP contribution >= 0.6 is 0 Å². The number of nitrogens with one attached hydrogen (secondary N) is 1. The number of aromatic nitrogens is 1. The minimum absolute atomic E-state index is 0.339. The lowest BCUT2D eigenvalue weighted by Gasteiger charge is -2.26. The van der Waals surface area contributed by atoms with Crippen LogP contribution < -0.4 is 10.5 Å². The van der Waals surface area contributed by atoms with Crippen LogP contribution in [0.1, 0.15) is 5.56 Å². The van der Waals surface area contributed by atoms with Crippen molar-refractivity contribution >= 4 is 12.0 Å². The van der Waals surface area contributed by atoms with Crippen molar-refractivity contribution in [2.24, 2.45) is 0 Å². The molecule has 1 aliphatic heterocycles. The summed E-state index contributed by atoms with van der Waals surface area (Å²) in [7, 11) is 0. The van der Waals surface area contributed by atoms with E-state index in [1.807, 2.05) is 24.3 Å². The number of rotatable bonds is 5. The van der Waals surface area contributed by atoms with Gasteiger partial charge in [-0.15, -0.1) is 0 Å². The van der Waals surface area contributed by atoms with Crippen LogP contribution in [0.3, 0.4) is 0 Å². The number of hydrogen-bond acceptors (Lipinski definition) is 6. The first-order valence-electron chi connectivity index (χ1n) is 8.08. The molecule has 0 bridgehead atoms. The largest absolute Gasteiger partial charge is 0.492 e. The molecule has 2 heterocycles. The molecular weight excluding hydrogens is 323 g/mol. The number of hydrogen-bond donors (Lipinski definition) is 2. The van der Waals surface area contributed by atoms with Crippen LogP contribution in [0.25, 0.3) is 0 Å². The summed E-state index contributed by atoms with van der Waals surface area (Å²) >= 11 is 0. The van der Waals surface area contributed by atoms with E-state index < -0.39 is 0 Å². The summed E-state index contributed by atoms with van der Waals surface area (Å²) in [4.78, 5) is 5.82. The SMILES string of the molecule is N=Cc1cccc(OCCN2CCOCC2)c1.Nc1ccc(F)cn1. The van der Waals surface area contributed by atoms with E-state index in [0.717, 1.165) is 50.4 Å². The van der Waals surface area contributed by atoms with Crippen LogP contribution in [0.4, 0.5) is 10.2 Å². The monoisotopic (exact) mass is 346 g/mol. The first-order valence-corrected chi connectivity index (χ1v) is 8.08. The molecule has 0 atom stereocenters. The lowest BCUT2D eigenvalue weighted by molar-refractivity contribution is 0.0322. The molecule has 3 rings (SSSR count). The molecule has 1 fully saturated rings. The van der Waals surface area contributed by atoms with Crippen LogP contribution in [0, 0.1) is 11.2 Å². The summed E-state index contributed by atoms with van der Waals surface area (Å²) in [5.74, 6) is 0.810. The van der Waals surface area contributed by atoms with Gasteiger partial charge in [-0.3, -0.25) is 4.90 Å². The molecule has 0 unspecified atom stereocenters. The van der Waals surface area contributed by atoms with Gasteiger partial charge in [-0.05, 0) is 29.8 Å². The quantitative estimate of drug-likeness (QED) is 0.811. The lowest BCUT2D eigenvalue weighted by Crippen LogP contribution is -2.38. The van der Waals surface area contributed by atoms with Crippen molar-refractivity contribution in [1.82, 2.24) is 9.88 Å². The smallest absolute Gasteiger partial charge is 0.141 e. The fourth-order valence-corrected chi connectivity index (χ4v) is 2.20. The number of anilines is 1. The van der Waals surface area contributed by atoms with E-state index in [9.17, 15) is 4.39 Å². The van der Waals surface area contributed by atoms with Crippen molar-refractivity contribution in [2.45, 2.75) is 0 Å².